The Morgan fingerprint density at radius 1 is 0.704 bits per heavy atom. The Morgan fingerprint density at radius 3 is 1.63 bits per heavy atom. The number of aliphatic imine (C=N–C) groups is 2. The summed E-state index contributed by atoms with van der Waals surface area (Å²) in [5, 5.41) is 6.91. The fourth-order valence-corrected chi connectivity index (χ4v) is 2.57. The summed E-state index contributed by atoms with van der Waals surface area (Å²) in [5.41, 5.74) is 3.67. The normalized spacial score (nSPS) is 11.3. The van der Waals surface area contributed by atoms with Gasteiger partial charge in [0, 0.05) is 0 Å². The molecule has 6 heteroatoms. The zero-order chi connectivity index (χ0) is 18.9. The second kappa shape index (κ2) is 9.47. The van der Waals surface area contributed by atoms with Crippen LogP contribution >= 0.6 is 0 Å². The van der Waals surface area contributed by atoms with Crippen molar-refractivity contribution in [3.8, 4) is 5.75 Å². The second-order valence-corrected chi connectivity index (χ2v) is 6.31. The summed E-state index contributed by atoms with van der Waals surface area (Å²) in [6.45, 7) is 0. The Hall–Kier alpha value is -3.22. The van der Waals surface area contributed by atoms with E-state index in [0.717, 1.165) is 33.4 Å². The van der Waals surface area contributed by atoms with Gasteiger partial charge >= 0.3 is 111 Å². The molecule has 0 aromatic heterocycles. The molecule has 0 bridgehead atoms. The van der Waals surface area contributed by atoms with E-state index in [4.69, 9.17) is 14.6 Å². The Morgan fingerprint density at radius 2 is 1.19 bits per heavy atom. The van der Waals surface area contributed by atoms with Gasteiger partial charge in [0.25, 0.3) is 0 Å². The van der Waals surface area contributed by atoms with Crippen LogP contribution in [-0.2, 0) is 14.5 Å². The molecule has 3 rings (SSSR count). The van der Waals surface area contributed by atoms with E-state index >= 15 is 0 Å². The van der Waals surface area contributed by atoms with Gasteiger partial charge in [-0.2, -0.15) is 0 Å². The van der Waals surface area contributed by atoms with Gasteiger partial charge in [-0.3, -0.25) is 5.41 Å². The minimum atomic E-state index is 0.543. The van der Waals surface area contributed by atoms with Crippen LogP contribution in [0.3, 0.4) is 0 Å². The van der Waals surface area contributed by atoms with E-state index in [1.54, 1.807) is 18.3 Å². The molecule has 136 valence electrons. The van der Waals surface area contributed by atoms with Crippen molar-refractivity contribution in [3.05, 3.63) is 83.9 Å². The topological polar surface area (TPSA) is 81.7 Å². The van der Waals surface area contributed by atoms with Crippen molar-refractivity contribution >= 4 is 34.7 Å². The van der Waals surface area contributed by atoms with Crippen LogP contribution in [0.2, 0.25) is 0 Å². The number of nitrogens with one attached hydrogen (secondary N) is 2. The van der Waals surface area contributed by atoms with E-state index in [9.17, 15) is 0 Å². The number of ether oxygens (including phenoxy) is 1. The van der Waals surface area contributed by atoms with Crippen molar-refractivity contribution < 1.29 is 19.2 Å². The maximum absolute atomic E-state index is 7.29. The summed E-state index contributed by atoms with van der Waals surface area (Å²) in [4.78, 5) is 8.88. The molecular weight excluding hydrogens is 383 g/mol. The van der Waals surface area contributed by atoms with Crippen LogP contribution in [0, 0.1) is 9.82 Å². The Kier molecular flexibility index (Phi) is 6.51. The average molecular weight is 400 g/mol. The fourth-order valence-electron chi connectivity index (χ4n) is 2.22. The van der Waals surface area contributed by atoms with E-state index in [0.29, 0.717) is 20.3 Å². The quantitative estimate of drug-likeness (QED) is 0.440. The van der Waals surface area contributed by atoms with Crippen LogP contribution in [-0.4, -0.2) is 18.8 Å². The van der Waals surface area contributed by atoms with Crippen LogP contribution in [0.15, 0.2) is 82.8 Å². The molecule has 0 aliphatic heterocycles. The molecule has 0 aliphatic rings. The molecule has 0 atom stereocenters. The Labute approximate surface area is 163 Å². The predicted octanol–water partition coefficient (Wildman–Crippen LogP) is 4.64. The van der Waals surface area contributed by atoms with Crippen molar-refractivity contribution in [2.45, 2.75) is 0 Å². The van der Waals surface area contributed by atoms with Crippen LogP contribution in [0.25, 0.3) is 0 Å². The monoisotopic (exact) mass is 400 g/mol. The molecule has 2 N–H and O–H groups in total. The van der Waals surface area contributed by atoms with E-state index in [-0.39, 0.29) is 0 Å². The number of hydrogen-bond donors (Lipinski definition) is 2. The minimum absolute atomic E-state index is 0.543. The Balaban J connectivity index is 1.62. The van der Waals surface area contributed by atoms with E-state index in [2.05, 4.69) is 9.98 Å². The molecule has 0 saturated heterocycles. The molecule has 3 aromatic carbocycles. The van der Waals surface area contributed by atoms with Gasteiger partial charge in [0.15, 0.2) is 6.40 Å². The largest absolute Gasteiger partial charge is 0.0327 e. The number of rotatable bonds is 7. The average Bonchev–Trinajstić information content (AvgIpc) is 2.73. The summed E-state index contributed by atoms with van der Waals surface area (Å²) >= 11 is 0.543. The van der Waals surface area contributed by atoms with Gasteiger partial charge in [0.05, 0.1) is 5.69 Å². The molecule has 0 unspecified atom stereocenters. The Bertz CT molecular complexity index is 963. The third-order valence-corrected chi connectivity index (χ3v) is 4.25. The molecule has 0 spiro atoms. The molecule has 3 aromatic rings. The summed E-state index contributed by atoms with van der Waals surface area (Å²) in [5.74, 6) is 0.612. The first-order valence-corrected chi connectivity index (χ1v) is 9.11. The van der Waals surface area contributed by atoms with Crippen LogP contribution < -0.4 is 9.23 Å². The molecule has 0 fully saturated rings. The van der Waals surface area contributed by atoms with Gasteiger partial charge in [-0.05, 0) is 24.3 Å². The number of nitrogens with zero attached hydrogens (tertiary/aromatic N) is 2. The smallest absolute Gasteiger partial charge is 0.0171 e. The standard InChI is InChI=1S/C21H16N3O.Co.HN/c22-16-25-21-12-10-20(11-13-21)24-15-18-8-6-17(7-9-18)14-23-19-4-2-1-3-5-19;;/h2-16,22H;;1H. The number of benzene rings is 3. The fraction of sp³-hybridized carbons (Fsp3) is 0. The molecule has 0 radical (unpaired) electrons. The molecule has 0 amide bonds. The third kappa shape index (κ3) is 5.63. The van der Waals surface area contributed by atoms with Crippen molar-refractivity contribution in [1.29, 1.82) is 9.82 Å². The zero-order valence-electron chi connectivity index (χ0n) is 14.3. The van der Waals surface area contributed by atoms with Crippen molar-refractivity contribution in [1.82, 2.24) is 0 Å². The summed E-state index contributed by atoms with van der Waals surface area (Å²) < 4.78 is 13.2. The van der Waals surface area contributed by atoms with E-state index in [1.165, 1.54) is 0 Å². The number of hydrogen-bond acceptors (Lipinski definition) is 5. The molecule has 27 heavy (non-hydrogen) atoms. The van der Waals surface area contributed by atoms with Gasteiger partial charge in [0.1, 0.15) is 5.75 Å². The SMILES string of the molecule is N=COc1ccc(N=Cc2ccc(C=Nc3cc[c]([Co]=[NH])cc3)cc2)cc1. The molecule has 0 heterocycles. The van der Waals surface area contributed by atoms with Crippen molar-refractivity contribution in [3.63, 3.8) is 0 Å². The van der Waals surface area contributed by atoms with Crippen molar-refractivity contribution in [2.24, 2.45) is 9.98 Å². The van der Waals surface area contributed by atoms with Crippen molar-refractivity contribution in [2.75, 3.05) is 0 Å². The first-order chi connectivity index (χ1) is 13.3. The van der Waals surface area contributed by atoms with Gasteiger partial charge in [-0.1, -0.05) is 0 Å². The van der Waals surface area contributed by atoms with Gasteiger partial charge < -0.3 is 4.74 Å². The van der Waals surface area contributed by atoms with Crippen LogP contribution in [0.1, 0.15) is 11.1 Å². The third-order valence-electron chi connectivity index (χ3n) is 3.60. The van der Waals surface area contributed by atoms with E-state index < -0.39 is 0 Å². The molecule has 0 saturated carbocycles. The van der Waals surface area contributed by atoms with Crippen LogP contribution in [0.4, 0.5) is 11.4 Å². The van der Waals surface area contributed by atoms with Crippen LogP contribution in [0.5, 0.6) is 5.75 Å². The van der Waals surface area contributed by atoms with Gasteiger partial charge in [-0.15, -0.1) is 0 Å². The predicted molar refractivity (Wildman–Crippen MR) is 106 cm³/mol. The molecule has 5 nitrogen and oxygen atoms in total. The zero-order valence-corrected chi connectivity index (χ0v) is 15.3. The minimum Gasteiger partial charge on any atom is -0.0327 e. The molecular formula is C21H17CoN4O. The summed E-state index contributed by atoms with van der Waals surface area (Å²) in [6, 6.07) is 22.8. The maximum Gasteiger partial charge on any atom is -0.0171 e. The van der Waals surface area contributed by atoms with E-state index in [1.807, 2.05) is 66.9 Å². The first kappa shape index (κ1) is 18.6. The first-order valence-electron chi connectivity index (χ1n) is 8.07. The van der Waals surface area contributed by atoms with Gasteiger partial charge in [-0.25, -0.2) is 0 Å². The summed E-state index contributed by atoms with van der Waals surface area (Å²) in [6.07, 6.45) is 4.51. The summed E-state index contributed by atoms with van der Waals surface area (Å²) in [7, 11) is 0. The van der Waals surface area contributed by atoms with Gasteiger partial charge in [0.2, 0.25) is 0 Å². The second-order valence-electron chi connectivity index (χ2n) is 5.45. The molecule has 0 aliphatic carbocycles. The maximum atomic E-state index is 7.29.